The van der Waals surface area contributed by atoms with E-state index in [1.54, 1.807) is 0 Å². The number of hydrogen-bond donors (Lipinski definition) is 0. The minimum Gasteiger partial charge on any atom is -0.298 e. The Kier molecular flexibility index (Phi) is 1.28. The lowest BCUT2D eigenvalue weighted by molar-refractivity contribution is 0.112. The summed E-state index contributed by atoms with van der Waals surface area (Å²) in [7, 11) is 0. The summed E-state index contributed by atoms with van der Waals surface area (Å²) in [6.45, 7) is 0. The smallest absolute Gasteiger partial charge is 0.150 e. The second-order valence-electron chi connectivity index (χ2n) is 1.71. The molecule has 0 atom stereocenters. The predicted octanol–water partition coefficient (Wildman–Crippen LogP) is 1.31. The van der Waals surface area contributed by atoms with Gasteiger partial charge in [0.1, 0.15) is 12.6 Å². The van der Waals surface area contributed by atoms with Gasteiger partial charge in [-0.15, -0.1) is 0 Å². The van der Waals surface area contributed by atoms with E-state index >= 15 is 0 Å². The minimum atomic E-state index is -0.174. The van der Waals surface area contributed by atoms with E-state index in [4.69, 9.17) is 2.74 Å². The zero-order valence-electron chi connectivity index (χ0n) is 7.13. The summed E-state index contributed by atoms with van der Waals surface area (Å²) in [4.78, 5) is 20.7. The monoisotopic (exact) mass is 136 g/mol. The van der Waals surface area contributed by atoms with E-state index in [0.29, 0.717) is 12.6 Å². The number of benzene rings is 1. The van der Waals surface area contributed by atoms with Crippen molar-refractivity contribution in [2.75, 3.05) is 0 Å². The molecule has 10 heavy (non-hydrogen) atoms. The van der Waals surface area contributed by atoms with Gasteiger partial charge in [-0.05, 0) is 6.04 Å². The van der Waals surface area contributed by atoms with Crippen LogP contribution in [-0.2, 0) is 0 Å². The molecule has 0 aliphatic heterocycles. The molecule has 0 saturated carbocycles. The molecule has 1 rings (SSSR count). The van der Waals surface area contributed by atoms with Gasteiger partial charge in [0.25, 0.3) is 0 Å². The molecular formula is C8H6O2. The van der Waals surface area contributed by atoms with Crippen LogP contribution in [0, 0.1) is 0 Å². The molecule has 0 unspecified atom stereocenters. The maximum absolute atomic E-state index is 10.4. The third-order valence-electron chi connectivity index (χ3n) is 1.03. The molecule has 0 aliphatic rings. The van der Waals surface area contributed by atoms with Crippen molar-refractivity contribution in [3.8, 4) is 0 Å². The van der Waals surface area contributed by atoms with E-state index in [0.717, 1.165) is 0 Å². The van der Waals surface area contributed by atoms with E-state index in [-0.39, 0.29) is 23.2 Å². The average molecular weight is 136 g/mol. The van der Waals surface area contributed by atoms with Crippen molar-refractivity contribution in [2.24, 2.45) is 0 Å². The molecule has 0 aliphatic carbocycles. The lowest BCUT2D eigenvalue weighted by atomic mass is 10.2. The molecule has 0 amide bonds. The molecule has 0 spiro atoms. The van der Waals surface area contributed by atoms with Gasteiger partial charge < -0.3 is 0 Å². The highest BCUT2D eigenvalue weighted by Gasteiger charge is 1.90. The topological polar surface area (TPSA) is 34.1 Å². The van der Waals surface area contributed by atoms with Gasteiger partial charge in [-0.3, -0.25) is 9.59 Å². The molecule has 1 aromatic rings. The zero-order valence-corrected chi connectivity index (χ0v) is 5.13. The molecular weight excluding hydrogens is 128 g/mol. The number of aldehydes is 2. The summed E-state index contributed by atoms with van der Waals surface area (Å²) in [6, 6.07) is 2.48. The molecule has 2 heteroatoms. The SMILES string of the molecule is [2H]c1ccc(C=O)c([2H])c1C=O. The molecule has 1 aromatic carbocycles. The van der Waals surface area contributed by atoms with Crippen LogP contribution in [-0.4, -0.2) is 12.6 Å². The first kappa shape index (κ1) is 4.39. The first-order valence-corrected chi connectivity index (χ1v) is 2.71. The molecule has 0 heterocycles. The van der Waals surface area contributed by atoms with E-state index in [2.05, 4.69) is 0 Å². The third kappa shape index (κ3) is 1.29. The van der Waals surface area contributed by atoms with Gasteiger partial charge in [-0.1, -0.05) is 18.2 Å². The predicted molar refractivity (Wildman–Crippen MR) is 37.2 cm³/mol. The Morgan fingerprint density at radius 2 is 2.00 bits per heavy atom. The Morgan fingerprint density at radius 1 is 1.30 bits per heavy atom. The lowest BCUT2D eigenvalue weighted by Gasteiger charge is -1.89. The second-order valence-corrected chi connectivity index (χ2v) is 1.71. The first-order chi connectivity index (χ1) is 5.70. The number of carbonyl (C=O) groups excluding carboxylic acids is 2. The summed E-state index contributed by atoms with van der Waals surface area (Å²) in [6.07, 6.45) is 0.909. The Labute approximate surface area is 61.3 Å². The molecule has 0 radical (unpaired) electrons. The summed E-state index contributed by atoms with van der Waals surface area (Å²) >= 11 is 0. The van der Waals surface area contributed by atoms with Crippen LogP contribution >= 0.6 is 0 Å². The van der Waals surface area contributed by atoms with Crippen molar-refractivity contribution in [1.29, 1.82) is 0 Å². The highest BCUT2D eigenvalue weighted by molar-refractivity contribution is 5.81. The summed E-state index contributed by atoms with van der Waals surface area (Å²) in [5, 5.41) is 0. The molecule has 2 nitrogen and oxygen atoms in total. The van der Waals surface area contributed by atoms with Gasteiger partial charge in [-0.25, -0.2) is 0 Å². The van der Waals surface area contributed by atoms with Crippen LogP contribution in [0.4, 0.5) is 0 Å². The van der Waals surface area contributed by atoms with Gasteiger partial charge in [-0.2, -0.15) is 0 Å². The number of carbonyl (C=O) groups is 2. The molecule has 0 fully saturated rings. The van der Waals surface area contributed by atoms with Crippen molar-refractivity contribution in [2.45, 2.75) is 0 Å². The van der Waals surface area contributed by atoms with Crippen LogP contribution in [0.2, 0.25) is 0 Å². The highest BCUT2D eigenvalue weighted by atomic mass is 16.1. The summed E-state index contributed by atoms with van der Waals surface area (Å²) in [5.74, 6) is 0. The van der Waals surface area contributed by atoms with Crippen molar-refractivity contribution in [3.63, 3.8) is 0 Å². The second kappa shape index (κ2) is 2.92. The minimum absolute atomic E-state index is 0.0272. The van der Waals surface area contributed by atoms with Crippen molar-refractivity contribution < 1.29 is 12.3 Å². The van der Waals surface area contributed by atoms with Crippen LogP contribution in [0.15, 0.2) is 24.2 Å². The Bertz CT molecular complexity index is 334. The van der Waals surface area contributed by atoms with E-state index < -0.39 is 0 Å². The number of hydrogen-bond acceptors (Lipinski definition) is 2. The van der Waals surface area contributed by atoms with Crippen LogP contribution in [0.25, 0.3) is 0 Å². The van der Waals surface area contributed by atoms with Crippen molar-refractivity contribution >= 4 is 12.6 Å². The molecule has 0 N–H and O–H groups in total. The highest BCUT2D eigenvalue weighted by Crippen LogP contribution is 1.99. The first-order valence-electron chi connectivity index (χ1n) is 3.71. The fraction of sp³-hybridized carbons (Fsp3) is 0. The molecule has 50 valence electrons. The Balaban J connectivity index is 3.43. The maximum atomic E-state index is 10.4. The Morgan fingerprint density at radius 3 is 2.60 bits per heavy atom. The lowest BCUT2D eigenvalue weighted by Crippen LogP contribution is -1.82. The van der Waals surface area contributed by atoms with Crippen molar-refractivity contribution in [1.82, 2.24) is 0 Å². The molecule has 0 bridgehead atoms. The quantitative estimate of drug-likeness (QED) is 0.574. The van der Waals surface area contributed by atoms with E-state index in [9.17, 15) is 9.59 Å². The molecule has 0 saturated heterocycles. The standard InChI is InChI=1S/C8H6O2/c9-5-7-2-1-3-8(4-7)6-10/h1-6H/i2D,4D. The van der Waals surface area contributed by atoms with Crippen LogP contribution in [0.1, 0.15) is 23.5 Å². The van der Waals surface area contributed by atoms with Gasteiger partial charge >= 0.3 is 0 Å². The fourth-order valence-electron chi connectivity index (χ4n) is 0.587. The molecule has 0 aromatic heterocycles. The Hall–Kier alpha value is -1.44. The van der Waals surface area contributed by atoms with Gasteiger partial charge in [0.15, 0.2) is 0 Å². The number of rotatable bonds is 2. The summed E-state index contributed by atoms with van der Waals surface area (Å²) < 4.78 is 14.5. The van der Waals surface area contributed by atoms with Crippen molar-refractivity contribution in [3.05, 3.63) is 35.3 Å². The van der Waals surface area contributed by atoms with Gasteiger partial charge in [0.05, 0.1) is 2.74 Å². The van der Waals surface area contributed by atoms with Crippen LogP contribution in [0.5, 0.6) is 0 Å². The largest absolute Gasteiger partial charge is 0.298 e. The van der Waals surface area contributed by atoms with Gasteiger partial charge in [0.2, 0.25) is 0 Å². The van der Waals surface area contributed by atoms with E-state index in [1.165, 1.54) is 12.1 Å². The van der Waals surface area contributed by atoms with Gasteiger partial charge in [0, 0.05) is 11.1 Å². The average Bonchev–Trinajstić information content (AvgIpc) is 2.06. The fourth-order valence-corrected chi connectivity index (χ4v) is 0.587. The van der Waals surface area contributed by atoms with Crippen LogP contribution in [0.3, 0.4) is 0 Å². The summed E-state index contributed by atoms with van der Waals surface area (Å²) in [5.41, 5.74) is 0.0905. The third-order valence-corrected chi connectivity index (χ3v) is 1.03. The van der Waals surface area contributed by atoms with Crippen LogP contribution < -0.4 is 0 Å². The zero-order chi connectivity index (χ0) is 9.14. The normalized spacial score (nSPS) is 11.6. The van der Waals surface area contributed by atoms with E-state index in [1.807, 2.05) is 0 Å². The maximum Gasteiger partial charge on any atom is 0.150 e.